The van der Waals surface area contributed by atoms with Gasteiger partial charge in [-0.2, -0.15) is 0 Å². The van der Waals surface area contributed by atoms with Crippen molar-refractivity contribution < 1.29 is 4.74 Å². The van der Waals surface area contributed by atoms with Crippen LogP contribution in [0, 0.1) is 0 Å². The maximum atomic E-state index is 6.58. The number of hydrogen-bond donors (Lipinski definition) is 1. The van der Waals surface area contributed by atoms with Gasteiger partial charge in [-0.15, -0.1) is 0 Å². The van der Waals surface area contributed by atoms with Crippen LogP contribution < -0.4 is 5.32 Å². The number of nitrogens with zero attached hydrogens (tertiary/aromatic N) is 3. The predicted octanol–water partition coefficient (Wildman–Crippen LogP) is 3.82. The lowest BCUT2D eigenvalue weighted by Crippen LogP contribution is -2.42. The summed E-state index contributed by atoms with van der Waals surface area (Å²) in [5.41, 5.74) is 2.35. The number of ether oxygens (including phenoxy) is 1. The van der Waals surface area contributed by atoms with Crippen LogP contribution in [-0.4, -0.2) is 48.8 Å². The number of guanidine groups is 1. The van der Waals surface area contributed by atoms with Crippen molar-refractivity contribution >= 4 is 17.6 Å². The molecule has 5 nitrogen and oxygen atoms in total. The summed E-state index contributed by atoms with van der Waals surface area (Å²) < 4.78 is 7.79. The van der Waals surface area contributed by atoms with E-state index in [0.29, 0.717) is 6.54 Å². The van der Waals surface area contributed by atoms with Gasteiger partial charge in [0.05, 0.1) is 13.1 Å². The Morgan fingerprint density at radius 3 is 2.64 bits per heavy atom. The third-order valence-corrected chi connectivity index (χ3v) is 5.90. The third-order valence-electron chi connectivity index (χ3n) is 5.57. The number of aliphatic imine (C=N–C) groups is 1. The van der Waals surface area contributed by atoms with E-state index in [1.807, 2.05) is 12.1 Å². The zero-order valence-electron chi connectivity index (χ0n) is 17.1. The molecule has 3 rings (SSSR count). The highest BCUT2D eigenvalue weighted by molar-refractivity contribution is 6.31. The Bertz CT molecular complexity index is 795. The molecule has 6 heteroatoms. The standard InChI is InChI=1S/C22H31ClN4O/c1-4-24-21(27(3)16-18-8-7-13-26(18)2)25-17-22(11-14-28-15-12-22)19-9-5-6-10-20(19)23/h5-10,13H,4,11-12,14-17H2,1-3H3,(H,24,25). The van der Waals surface area contributed by atoms with Crippen LogP contribution in [0.2, 0.25) is 5.02 Å². The first-order chi connectivity index (χ1) is 13.6. The molecule has 1 fully saturated rings. The Hall–Kier alpha value is -1.98. The van der Waals surface area contributed by atoms with E-state index < -0.39 is 0 Å². The molecule has 1 aromatic heterocycles. The van der Waals surface area contributed by atoms with Gasteiger partial charge in [-0.05, 0) is 43.5 Å². The van der Waals surface area contributed by atoms with Crippen LogP contribution in [0.15, 0.2) is 47.6 Å². The monoisotopic (exact) mass is 402 g/mol. The summed E-state index contributed by atoms with van der Waals surface area (Å²) in [6, 6.07) is 12.4. The Balaban J connectivity index is 1.84. The first-order valence-electron chi connectivity index (χ1n) is 9.98. The van der Waals surface area contributed by atoms with Gasteiger partial charge >= 0.3 is 0 Å². The second kappa shape index (κ2) is 9.48. The molecular formula is C22H31ClN4O. The van der Waals surface area contributed by atoms with Crippen LogP contribution >= 0.6 is 11.6 Å². The van der Waals surface area contributed by atoms with Crippen LogP contribution in [0.25, 0.3) is 0 Å². The van der Waals surface area contributed by atoms with Gasteiger partial charge in [0.2, 0.25) is 0 Å². The van der Waals surface area contributed by atoms with E-state index in [4.69, 9.17) is 21.3 Å². The smallest absolute Gasteiger partial charge is 0.194 e. The van der Waals surface area contributed by atoms with Gasteiger partial charge in [-0.25, -0.2) is 0 Å². The summed E-state index contributed by atoms with van der Waals surface area (Å²) in [7, 11) is 4.16. The van der Waals surface area contributed by atoms with Gasteiger partial charge < -0.3 is 19.5 Å². The Kier molecular flexibility index (Phi) is 7.03. The van der Waals surface area contributed by atoms with E-state index in [0.717, 1.165) is 50.1 Å². The fourth-order valence-electron chi connectivity index (χ4n) is 3.84. The largest absolute Gasteiger partial charge is 0.381 e. The Morgan fingerprint density at radius 2 is 2.00 bits per heavy atom. The molecule has 0 unspecified atom stereocenters. The Morgan fingerprint density at radius 1 is 1.25 bits per heavy atom. The van der Waals surface area contributed by atoms with Gasteiger partial charge in [-0.1, -0.05) is 29.8 Å². The van der Waals surface area contributed by atoms with Crippen molar-refractivity contribution in [3.63, 3.8) is 0 Å². The van der Waals surface area contributed by atoms with Crippen molar-refractivity contribution in [2.45, 2.75) is 31.7 Å². The van der Waals surface area contributed by atoms with Crippen molar-refractivity contribution in [3.05, 3.63) is 58.9 Å². The summed E-state index contributed by atoms with van der Waals surface area (Å²) >= 11 is 6.58. The molecule has 1 saturated heterocycles. The molecule has 0 bridgehead atoms. The van der Waals surface area contributed by atoms with Crippen LogP contribution in [0.4, 0.5) is 0 Å². The fraction of sp³-hybridized carbons (Fsp3) is 0.500. The molecule has 0 saturated carbocycles. The maximum absolute atomic E-state index is 6.58. The van der Waals surface area contributed by atoms with E-state index in [1.54, 1.807) is 0 Å². The lowest BCUT2D eigenvalue weighted by Gasteiger charge is -2.37. The molecule has 152 valence electrons. The molecular weight excluding hydrogens is 372 g/mol. The molecule has 0 spiro atoms. The number of benzene rings is 1. The molecule has 0 radical (unpaired) electrons. The zero-order valence-corrected chi connectivity index (χ0v) is 17.9. The molecule has 0 amide bonds. The van der Waals surface area contributed by atoms with E-state index in [1.165, 1.54) is 11.3 Å². The second-order valence-electron chi connectivity index (χ2n) is 7.51. The van der Waals surface area contributed by atoms with E-state index in [-0.39, 0.29) is 5.41 Å². The molecule has 1 aliphatic heterocycles. The molecule has 1 N–H and O–H groups in total. The SMILES string of the molecule is CCNC(=NCC1(c2ccccc2Cl)CCOCC1)N(C)Cc1cccn1C. The normalized spacial score (nSPS) is 16.8. The quantitative estimate of drug-likeness (QED) is 0.589. The molecule has 2 aromatic rings. The van der Waals surface area contributed by atoms with E-state index >= 15 is 0 Å². The molecule has 1 aromatic carbocycles. The molecule has 2 heterocycles. The minimum absolute atomic E-state index is 0.0803. The van der Waals surface area contributed by atoms with Crippen molar-refractivity contribution in [1.29, 1.82) is 0 Å². The molecule has 0 atom stereocenters. The summed E-state index contributed by atoms with van der Waals surface area (Å²) in [6.07, 6.45) is 3.93. The summed E-state index contributed by atoms with van der Waals surface area (Å²) in [6.45, 7) is 5.92. The highest BCUT2D eigenvalue weighted by Crippen LogP contribution is 2.39. The topological polar surface area (TPSA) is 41.8 Å². The van der Waals surface area contributed by atoms with Crippen molar-refractivity contribution in [3.8, 4) is 0 Å². The van der Waals surface area contributed by atoms with Gasteiger partial charge in [0.1, 0.15) is 0 Å². The first-order valence-corrected chi connectivity index (χ1v) is 10.4. The number of hydrogen-bond acceptors (Lipinski definition) is 2. The molecule has 1 aliphatic rings. The van der Waals surface area contributed by atoms with Crippen LogP contribution in [0.5, 0.6) is 0 Å². The van der Waals surface area contributed by atoms with E-state index in [2.05, 4.69) is 66.3 Å². The van der Waals surface area contributed by atoms with Crippen molar-refractivity contribution in [1.82, 2.24) is 14.8 Å². The zero-order chi connectivity index (χ0) is 20.0. The third kappa shape index (κ3) is 4.70. The van der Waals surface area contributed by atoms with Crippen LogP contribution in [0.3, 0.4) is 0 Å². The lowest BCUT2D eigenvalue weighted by molar-refractivity contribution is 0.0530. The van der Waals surface area contributed by atoms with Crippen molar-refractivity contribution in [2.75, 3.05) is 33.4 Å². The highest BCUT2D eigenvalue weighted by Gasteiger charge is 2.36. The summed E-state index contributed by atoms with van der Waals surface area (Å²) in [5, 5.41) is 4.26. The first kappa shape index (κ1) is 20.7. The maximum Gasteiger partial charge on any atom is 0.194 e. The minimum Gasteiger partial charge on any atom is -0.381 e. The van der Waals surface area contributed by atoms with Gasteiger partial charge in [-0.3, -0.25) is 4.99 Å². The average Bonchev–Trinajstić information content (AvgIpc) is 3.10. The predicted molar refractivity (Wildman–Crippen MR) is 116 cm³/mol. The van der Waals surface area contributed by atoms with Crippen LogP contribution in [-0.2, 0) is 23.7 Å². The second-order valence-corrected chi connectivity index (χ2v) is 7.92. The number of nitrogens with one attached hydrogen (secondary N) is 1. The minimum atomic E-state index is -0.0803. The van der Waals surface area contributed by atoms with Crippen LogP contribution in [0.1, 0.15) is 31.0 Å². The van der Waals surface area contributed by atoms with Crippen molar-refractivity contribution in [2.24, 2.45) is 12.0 Å². The van der Waals surface area contributed by atoms with E-state index in [9.17, 15) is 0 Å². The Labute approximate surface area is 173 Å². The van der Waals surface area contributed by atoms with Gasteiger partial charge in [0.15, 0.2) is 5.96 Å². The molecule has 28 heavy (non-hydrogen) atoms. The average molecular weight is 403 g/mol. The number of rotatable bonds is 6. The van der Waals surface area contributed by atoms with Gasteiger partial charge in [0.25, 0.3) is 0 Å². The number of aryl methyl sites for hydroxylation is 1. The fourth-order valence-corrected chi connectivity index (χ4v) is 4.18. The highest BCUT2D eigenvalue weighted by atomic mass is 35.5. The lowest BCUT2D eigenvalue weighted by atomic mass is 9.74. The number of aromatic nitrogens is 1. The number of halogens is 1. The molecule has 0 aliphatic carbocycles. The summed E-state index contributed by atoms with van der Waals surface area (Å²) in [5.74, 6) is 0.918. The summed E-state index contributed by atoms with van der Waals surface area (Å²) in [4.78, 5) is 7.22. The van der Waals surface area contributed by atoms with Gasteiger partial charge in [0, 0.05) is 56.2 Å².